The number of benzene rings is 1. The first-order valence-electron chi connectivity index (χ1n) is 4.99. The minimum Gasteiger partial charge on any atom is -0.360 e. The van der Waals surface area contributed by atoms with E-state index < -0.39 is 0 Å². The fourth-order valence-electron chi connectivity index (χ4n) is 1.49. The largest absolute Gasteiger partial charge is 0.360 e. The van der Waals surface area contributed by atoms with E-state index in [9.17, 15) is 0 Å². The Morgan fingerprint density at radius 2 is 2.12 bits per heavy atom. The molecule has 0 aliphatic heterocycles. The number of fused-ring (bicyclic) bond motifs is 1. The van der Waals surface area contributed by atoms with Crippen LogP contribution in [0, 0.1) is 29.6 Å². The number of allylic oxidation sites excluding steroid dienone is 1. The predicted molar refractivity (Wildman–Crippen MR) is 69.5 cm³/mol. The highest BCUT2D eigenvalue weighted by Gasteiger charge is 2.00. The first kappa shape index (κ1) is 11.2. The van der Waals surface area contributed by atoms with E-state index in [1.807, 2.05) is 18.2 Å². The van der Waals surface area contributed by atoms with Crippen LogP contribution < -0.4 is 5.32 Å². The topological polar surface area (TPSA) is 59.6 Å². The van der Waals surface area contributed by atoms with Gasteiger partial charge in [0.2, 0.25) is 0 Å². The Hall–Kier alpha value is -2.30. The molecule has 82 valence electrons. The van der Waals surface area contributed by atoms with Crippen LogP contribution in [0.1, 0.15) is 5.56 Å². The summed E-state index contributed by atoms with van der Waals surface area (Å²) in [5, 5.41) is 23.5. The molecule has 0 bridgehead atoms. The van der Waals surface area contributed by atoms with Gasteiger partial charge < -0.3 is 5.32 Å². The van der Waals surface area contributed by atoms with E-state index in [0.717, 1.165) is 5.69 Å². The van der Waals surface area contributed by atoms with Crippen LogP contribution in [-0.4, -0.2) is 0 Å². The summed E-state index contributed by atoms with van der Waals surface area (Å²) in [6.45, 7) is 2.06. The summed E-state index contributed by atoms with van der Waals surface area (Å²) in [7, 11) is 0. The highest BCUT2D eigenvalue weighted by atomic mass is 32.1. The second-order valence-electron chi connectivity index (χ2n) is 3.56. The van der Waals surface area contributed by atoms with Crippen molar-refractivity contribution in [2.45, 2.75) is 6.92 Å². The standard InChI is InChI=1S/C13H9N3S/c1-9-8-17-13-3-2-11(4-12(9)13)16-7-10(5-14)6-15/h2-4,7-8,16H,1H3. The van der Waals surface area contributed by atoms with Crippen molar-refractivity contribution in [3.8, 4) is 12.1 Å². The Morgan fingerprint density at radius 3 is 2.82 bits per heavy atom. The van der Waals surface area contributed by atoms with Crippen molar-refractivity contribution >= 4 is 27.1 Å². The molecule has 1 aromatic carbocycles. The van der Waals surface area contributed by atoms with E-state index in [0.29, 0.717) is 0 Å². The van der Waals surface area contributed by atoms with Crippen LogP contribution in [0.3, 0.4) is 0 Å². The number of hydrogen-bond acceptors (Lipinski definition) is 4. The van der Waals surface area contributed by atoms with E-state index in [1.165, 1.54) is 21.8 Å². The fourth-order valence-corrected chi connectivity index (χ4v) is 2.42. The summed E-state index contributed by atoms with van der Waals surface area (Å²) >= 11 is 1.71. The third-order valence-corrected chi connectivity index (χ3v) is 3.47. The van der Waals surface area contributed by atoms with E-state index >= 15 is 0 Å². The summed E-state index contributed by atoms with van der Waals surface area (Å²) in [6, 6.07) is 9.59. The van der Waals surface area contributed by atoms with Gasteiger partial charge >= 0.3 is 0 Å². The first-order chi connectivity index (χ1) is 8.24. The summed E-state index contributed by atoms with van der Waals surface area (Å²) in [5.41, 5.74) is 2.17. The van der Waals surface area contributed by atoms with Gasteiger partial charge in [0.15, 0.2) is 0 Å². The molecule has 17 heavy (non-hydrogen) atoms. The molecule has 0 unspecified atom stereocenters. The van der Waals surface area contributed by atoms with Gasteiger partial charge in [0.1, 0.15) is 17.7 Å². The molecule has 0 saturated heterocycles. The lowest BCUT2D eigenvalue weighted by Gasteiger charge is -2.01. The molecule has 0 aliphatic carbocycles. The van der Waals surface area contributed by atoms with Crippen molar-refractivity contribution < 1.29 is 0 Å². The molecule has 0 atom stereocenters. The average Bonchev–Trinajstić information content (AvgIpc) is 2.72. The second-order valence-corrected chi connectivity index (χ2v) is 4.47. The quantitative estimate of drug-likeness (QED) is 0.815. The predicted octanol–water partition coefficient (Wildman–Crippen LogP) is 3.55. The zero-order valence-corrected chi connectivity index (χ0v) is 10.0. The normalized spacial score (nSPS) is 9.35. The van der Waals surface area contributed by atoms with Crippen LogP contribution in [0.5, 0.6) is 0 Å². The molecule has 1 heterocycles. The molecule has 1 aromatic heterocycles. The maximum atomic E-state index is 8.61. The molecule has 2 rings (SSSR count). The SMILES string of the molecule is Cc1csc2ccc(NC=C(C#N)C#N)cc12. The summed E-state index contributed by atoms with van der Waals surface area (Å²) in [5.74, 6) is 0. The number of anilines is 1. The van der Waals surface area contributed by atoms with Gasteiger partial charge in [0.25, 0.3) is 0 Å². The van der Waals surface area contributed by atoms with Crippen molar-refractivity contribution in [1.82, 2.24) is 0 Å². The Balaban J connectivity index is 2.32. The molecule has 0 saturated carbocycles. The lowest BCUT2D eigenvalue weighted by Crippen LogP contribution is -1.89. The smallest absolute Gasteiger partial charge is 0.145 e. The minimum absolute atomic E-state index is 0.0622. The summed E-state index contributed by atoms with van der Waals surface area (Å²) in [4.78, 5) is 0. The number of nitrogens with one attached hydrogen (secondary N) is 1. The van der Waals surface area contributed by atoms with E-state index in [-0.39, 0.29) is 5.57 Å². The van der Waals surface area contributed by atoms with Crippen LogP contribution >= 0.6 is 11.3 Å². The minimum atomic E-state index is 0.0622. The van der Waals surface area contributed by atoms with Crippen LogP contribution in [0.4, 0.5) is 5.69 Å². The second kappa shape index (κ2) is 4.69. The van der Waals surface area contributed by atoms with Crippen molar-refractivity contribution in [3.63, 3.8) is 0 Å². The number of rotatable bonds is 2. The van der Waals surface area contributed by atoms with Gasteiger partial charge in [-0.15, -0.1) is 11.3 Å². The van der Waals surface area contributed by atoms with Crippen LogP contribution in [-0.2, 0) is 0 Å². The maximum Gasteiger partial charge on any atom is 0.145 e. The lowest BCUT2D eigenvalue weighted by molar-refractivity contribution is 1.44. The van der Waals surface area contributed by atoms with E-state index in [1.54, 1.807) is 23.5 Å². The molecule has 4 heteroatoms. The molecule has 2 aromatic rings. The van der Waals surface area contributed by atoms with Crippen molar-refractivity contribution in [2.24, 2.45) is 0 Å². The van der Waals surface area contributed by atoms with Gasteiger partial charge in [0, 0.05) is 16.6 Å². The lowest BCUT2D eigenvalue weighted by atomic mass is 10.2. The summed E-state index contributed by atoms with van der Waals surface area (Å²) < 4.78 is 1.23. The molecule has 0 amide bonds. The third kappa shape index (κ3) is 2.28. The van der Waals surface area contributed by atoms with Crippen LogP contribution in [0.25, 0.3) is 10.1 Å². The zero-order valence-electron chi connectivity index (χ0n) is 9.19. The molecular weight excluding hydrogens is 230 g/mol. The maximum absolute atomic E-state index is 8.61. The molecule has 0 fully saturated rings. The molecule has 0 aliphatic rings. The van der Waals surface area contributed by atoms with E-state index in [2.05, 4.69) is 17.6 Å². The number of hydrogen-bond donors (Lipinski definition) is 1. The molecule has 0 spiro atoms. The van der Waals surface area contributed by atoms with Crippen molar-refractivity contribution in [1.29, 1.82) is 10.5 Å². The number of nitrogens with zero attached hydrogens (tertiary/aromatic N) is 2. The monoisotopic (exact) mass is 239 g/mol. The molecule has 3 nitrogen and oxygen atoms in total. The number of thiophene rings is 1. The van der Waals surface area contributed by atoms with E-state index in [4.69, 9.17) is 10.5 Å². The van der Waals surface area contributed by atoms with Gasteiger partial charge in [-0.25, -0.2) is 0 Å². The molecular formula is C13H9N3S. The average molecular weight is 239 g/mol. The van der Waals surface area contributed by atoms with Gasteiger partial charge in [-0.05, 0) is 41.5 Å². The number of nitriles is 2. The Kier molecular flexibility index (Phi) is 3.09. The summed E-state index contributed by atoms with van der Waals surface area (Å²) in [6.07, 6.45) is 1.42. The van der Waals surface area contributed by atoms with Crippen molar-refractivity contribution in [3.05, 3.63) is 40.9 Å². The third-order valence-electron chi connectivity index (χ3n) is 2.39. The first-order valence-corrected chi connectivity index (χ1v) is 5.87. The molecule has 1 N–H and O–H groups in total. The fraction of sp³-hybridized carbons (Fsp3) is 0.0769. The highest BCUT2D eigenvalue weighted by Crippen LogP contribution is 2.27. The Morgan fingerprint density at radius 1 is 1.35 bits per heavy atom. The Labute approximate surface area is 103 Å². The van der Waals surface area contributed by atoms with Gasteiger partial charge in [0.05, 0.1) is 0 Å². The van der Waals surface area contributed by atoms with Gasteiger partial charge in [-0.2, -0.15) is 10.5 Å². The molecule has 0 radical (unpaired) electrons. The van der Waals surface area contributed by atoms with Crippen molar-refractivity contribution in [2.75, 3.05) is 5.32 Å². The van der Waals surface area contributed by atoms with Crippen LogP contribution in [0.15, 0.2) is 35.4 Å². The number of aryl methyl sites for hydroxylation is 1. The Bertz CT molecular complexity index is 652. The highest BCUT2D eigenvalue weighted by molar-refractivity contribution is 7.17. The van der Waals surface area contributed by atoms with Crippen LogP contribution in [0.2, 0.25) is 0 Å². The zero-order chi connectivity index (χ0) is 12.3. The van der Waals surface area contributed by atoms with Gasteiger partial charge in [-0.3, -0.25) is 0 Å². The van der Waals surface area contributed by atoms with Gasteiger partial charge in [-0.1, -0.05) is 0 Å².